The zero-order valence-corrected chi connectivity index (χ0v) is 12.1. The molecule has 1 amide bonds. The highest BCUT2D eigenvalue weighted by Gasteiger charge is 2.36. The Balaban J connectivity index is 2.77. The van der Waals surface area contributed by atoms with Crippen LogP contribution in [-0.2, 0) is 9.59 Å². The third-order valence-electron chi connectivity index (χ3n) is 3.99. The lowest BCUT2D eigenvalue weighted by atomic mass is 9.82. The molecule has 19 heavy (non-hydrogen) atoms. The quantitative estimate of drug-likeness (QED) is 0.752. The number of nitrogens with zero attached hydrogens (tertiary/aromatic N) is 1. The first-order valence-electron chi connectivity index (χ1n) is 7.17. The first kappa shape index (κ1) is 15.7. The molecule has 108 valence electrons. The van der Waals surface area contributed by atoms with Gasteiger partial charge in [-0.25, -0.2) is 0 Å². The molecule has 0 spiro atoms. The maximum absolute atomic E-state index is 12.5. The van der Waals surface area contributed by atoms with Crippen molar-refractivity contribution >= 4 is 11.9 Å². The predicted octanol–water partition coefficient (Wildman–Crippen LogP) is 2.55. The summed E-state index contributed by atoms with van der Waals surface area (Å²) in [4.78, 5) is 25.6. The van der Waals surface area contributed by atoms with E-state index in [4.69, 9.17) is 0 Å². The molecule has 4 nitrogen and oxygen atoms in total. The molecule has 0 fully saturated rings. The minimum Gasteiger partial charge on any atom is -0.481 e. The van der Waals surface area contributed by atoms with Crippen LogP contribution in [0, 0.1) is 17.8 Å². The summed E-state index contributed by atoms with van der Waals surface area (Å²) in [7, 11) is 0. The van der Waals surface area contributed by atoms with Gasteiger partial charge >= 0.3 is 5.97 Å². The van der Waals surface area contributed by atoms with Crippen LogP contribution in [-0.4, -0.2) is 35.0 Å². The number of hydrogen-bond donors (Lipinski definition) is 1. The first-order chi connectivity index (χ1) is 9.01. The number of aliphatic carboxylic acids is 1. The second-order valence-electron chi connectivity index (χ2n) is 5.38. The van der Waals surface area contributed by atoms with Crippen LogP contribution in [0.5, 0.6) is 0 Å². The summed E-state index contributed by atoms with van der Waals surface area (Å²) in [6, 6.07) is 0. The van der Waals surface area contributed by atoms with Crippen molar-refractivity contribution < 1.29 is 14.7 Å². The molecular formula is C15H25NO3. The topological polar surface area (TPSA) is 57.6 Å². The van der Waals surface area contributed by atoms with Crippen LogP contribution in [0.3, 0.4) is 0 Å². The molecule has 0 saturated carbocycles. The van der Waals surface area contributed by atoms with Crippen LogP contribution in [0.2, 0.25) is 0 Å². The Morgan fingerprint density at radius 2 is 1.84 bits per heavy atom. The molecule has 0 heterocycles. The van der Waals surface area contributed by atoms with E-state index >= 15 is 0 Å². The van der Waals surface area contributed by atoms with Crippen molar-refractivity contribution in [2.24, 2.45) is 17.8 Å². The molecule has 3 atom stereocenters. The van der Waals surface area contributed by atoms with Crippen molar-refractivity contribution in [3.8, 4) is 0 Å². The van der Waals surface area contributed by atoms with E-state index in [0.29, 0.717) is 25.3 Å². The minimum absolute atomic E-state index is 0.000417. The molecule has 0 aromatic carbocycles. The Hall–Kier alpha value is -1.32. The molecular weight excluding hydrogens is 242 g/mol. The van der Waals surface area contributed by atoms with Gasteiger partial charge in [-0.1, -0.05) is 32.4 Å². The molecule has 1 rings (SSSR count). The Kier molecular flexibility index (Phi) is 6.06. The van der Waals surface area contributed by atoms with Crippen molar-refractivity contribution in [2.45, 2.75) is 40.0 Å². The number of amides is 1. The van der Waals surface area contributed by atoms with Crippen molar-refractivity contribution in [2.75, 3.05) is 13.1 Å². The third-order valence-corrected chi connectivity index (χ3v) is 3.99. The second-order valence-corrected chi connectivity index (χ2v) is 5.38. The van der Waals surface area contributed by atoms with Crippen LogP contribution in [0.4, 0.5) is 0 Å². The zero-order chi connectivity index (χ0) is 14.4. The maximum atomic E-state index is 12.5. The summed E-state index contributed by atoms with van der Waals surface area (Å²) >= 11 is 0. The lowest BCUT2D eigenvalue weighted by molar-refractivity contribution is -0.150. The summed E-state index contributed by atoms with van der Waals surface area (Å²) in [6.45, 7) is 7.54. The van der Waals surface area contributed by atoms with Crippen LogP contribution >= 0.6 is 0 Å². The summed E-state index contributed by atoms with van der Waals surface area (Å²) in [5.41, 5.74) is 0. The summed E-state index contributed by atoms with van der Waals surface area (Å²) in [5, 5.41) is 9.24. The van der Waals surface area contributed by atoms with Crippen molar-refractivity contribution in [1.82, 2.24) is 4.90 Å². The van der Waals surface area contributed by atoms with E-state index < -0.39 is 17.8 Å². The average molecular weight is 267 g/mol. The number of carbonyl (C=O) groups excluding carboxylic acids is 1. The van der Waals surface area contributed by atoms with Gasteiger partial charge in [0.2, 0.25) is 5.91 Å². The highest BCUT2D eigenvalue weighted by atomic mass is 16.4. The van der Waals surface area contributed by atoms with Gasteiger partial charge < -0.3 is 10.0 Å². The van der Waals surface area contributed by atoms with E-state index in [9.17, 15) is 14.7 Å². The number of carboxylic acids is 1. The summed E-state index contributed by atoms with van der Waals surface area (Å²) in [5.74, 6) is -1.37. The van der Waals surface area contributed by atoms with Crippen LogP contribution in [0.25, 0.3) is 0 Å². The Morgan fingerprint density at radius 3 is 2.32 bits per heavy atom. The fraction of sp³-hybridized carbons (Fsp3) is 0.733. The molecule has 0 bridgehead atoms. The average Bonchev–Trinajstić information content (AvgIpc) is 2.43. The van der Waals surface area contributed by atoms with Gasteiger partial charge in [0.25, 0.3) is 0 Å². The van der Waals surface area contributed by atoms with Gasteiger partial charge in [-0.15, -0.1) is 0 Å². The van der Waals surface area contributed by atoms with E-state index in [1.165, 1.54) is 0 Å². The monoisotopic (exact) mass is 267 g/mol. The van der Waals surface area contributed by atoms with Crippen molar-refractivity contribution in [1.29, 1.82) is 0 Å². The van der Waals surface area contributed by atoms with Gasteiger partial charge in [0.15, 0.2) is 0 Å². The van der Waals surface area contributed by atoms with E-state index in [0.717, 1.165) is 13.0 Å². The molecule has 1 aliphatic carbocycles. The molecule has 4 heteroatoms. The van der Waals surface area contributed by atoms with Gasteiger partial charge in [0, 0.05) is 13.1 Å². The van der Waals surface area contributed by atoms with Crippen molar-refractivity contribution in [3.63, 3.8) is 0 Å². The Bertz CT molecular complexity index is 351. The van der Waals surface area contributed by atoms with Gasteiger partial charge in [-0.2, -0.15) is 0 Å². The lowest BCUT2D eigenvalue weighted by Gasteiger charge is -2.31. The third kappa shape index (κ3) is 4.08. The first-order valence-corrected chi connectivity index (χ1v) is 7.17. The number of rotatable bonds is 6. The van der Waals surface area contributed by atoms with Gasteiger partial charge in [-0.05, 0) is 25.7 Å². The normalized spacial score (nSPS) is 23.9. The van der Waals surface area contributed by atoms with Crippen LogP contribution in [0.1, 0.15) is 40.0 Å². The fourth-order valence-electron chi connectivity index (χ4n) is 2.47. The highest BCUT2D eigenvalue weighted by molar-refractivity contribution is 5.85. The Labute approximate surface area is 115 Å². The fourth-order valence-corrected chi connectivity index (χ4v) is 2.47. The molecule has 1 N–H and O–H groups in total. The smallest absolute Gasteiger partial charge is 0.307 e. The molecule has 1 aliphatic rings. The van der Waals surface area contributed by atoms with E-state index in [2.05, 4.69) is 13.8 Å². The van der Waals surface area contributed by atoms with Gasteiger partial charge in [0.1, 0.15) is 0 Å². The molecule has 0 radical (unpaired) electrons. The molecule has 0 aromatic rings. The molecule has 0 aliphatic heterocycles. The van der Waals surface area contributed by atoms with Gasteiger partial charge in [0.05, 0.1) is 11.8 Å². The van der Waals surface area contributed by atoms with E-state index in [1.807, 2.05) is 24.0 Å². The van der Waals surface area contributed by atoms with E-state index in [-0.39, 0.29) is 5.91 Å². The number of carbonyl (C=O) groups is 2. The number of allylic oxidation sites excluding steroid dienone is 2. The molecule has 3 unspecified atom stereocenters. The van der Waals surface area contributed by atoms with Crippen LogP contribution in [0.15, 0.2) is 12.2 Å². The van der Waals surface area contributed by atoms with Crippen molar-refractivity contribution in [3.05, 3.63) is 12.2 Å². The van der Waals surface area contributed by atoms with E-state index in [1.54, 1.807) is 0 Å². The maximum Gasteiger partial charge on any atom is 0.307 e. The summed E-state index contributed by atoms with van der Waals surface area (Å²) in [6.07, 6.45) is 5.84. The standard InChI is InChI=1S/C15H25NO3/c1-4-11(3)10-16(5-2)14(17)12-8-6-7-9-13(12)15(18)19/h6-7,11-13H,4-5,8-10H2,1-3H3,(H,18,19). The molecule has 0 saturated heterocycles. The Morgan fingerprint density at radius 1 is 1.26 bits per heavy atom. The second kappa shape index (κ2) is 7.31. The van der Waals surface area contributed by atoms with Gasteiger partial charge in [-0.3, -0.25) is 9.59 Å². The number of carboxylic acid groups (broad SMARTS) is 1. The zero-order valence-electron chi connectivity index (χ0n) is 12.1. The van der Waals surface area contributed by atoms with Crippen LogP contribution < -0.4 is 0 Å². The largest absolute Gasteiger partial charge is 0.481 e. The highest BCUT2D eigenvalue weighted by Crippen LogP contribution is 2.28. The minimum atomic E-state index is -0.859. The predicted molar refractivity (Wildman–Crippen MR) is 74.7 cm³/mol. The lowest BCUT2D eigenvalue weighted by Crippen LogP contribution is -2.43. The SMILES string of the molecule is CCC(C)CN(CC)C(=O)C1CC=CCC1C(=O)O. The summed E-state index contributed by atoms with van der Waals surface area (Å²) < 4.78 is 0. The number of hydrogen-bond acceptors (Lipinski definition) is 2. The molecule has 0 aromatic heterocycles.